The van der Waals surface area contributed by atoms with Crippen LogP contribution in [0.5, 0.6) is 5.75 Å². The lowest BCUT2D eigenvalue weighted by atomic mass is 10.1. The van der Waals surface area contributed by atoms with E-state index in [1.54, 1.807) is 7.11 Å². The number of methoxy groups -OCH3 is 1. The Balaban J connectivity index is 1.72. The van der Waals surface area contributed by atoms with Gasteiger partial charge < -0.3 is 15.4 Å². The van der Waals surface area contributed by atoms with Gasteiger partial charge in [-0.3, -0.25) is 4.79 Å². The number of carbonyl (C=O) groups is 1. The predicted octanol–water partition coefficient (Wildman–Crippen LogP) is 3.38. The molecule has 0 bridgehead atoms. The zero-order valence-corrected chi connectivity index (χ0v) is 13.8. The first-order valence-corrected chi connectivity index (χ1v) is 7.94. The quantitative estimate of drug-likeness (QED) is 0.735. The van der Waals surface area contributed by atoms with Crippen LogP contribution < -0.4 is 15.4 Å². The number of amides is 1. The third kappa shape index (κ3) is 5.42. The Morgan fingerprint density at radius 3 is 2.52 bits per heavy atom. The number of carbonyl (C=O) groups excluding carboxylic acids is 1. The van der Waals surface area contributed by atoms with Gasteiger partial charge in [-0.25, -0.2) is 0 Å². The minimum absolute atomic E-state index is 0.0353. The van der Waals surface area contributed by atoms with Crippen LogP contribution in [-0.2, 0) is 17.8 Å². The highest BCUT2D eigenvalue weighted by atomic mass is 16.5. The van der Waals surface area contributed by atoms with E-state index in [0.717, 1.165) is 30.0 Å². The SMILES string of the molecule is CCc1ccccc1NC(=O)CCNCc1ccc(OC)cc1. The van der Waals surface area contributed by atoms with E-state index >= 15 is 0 Å². The number of rotatable bonds is 8. The monoisotopic (exact) mass is 312 g/mol. The number of hydrogen-bond acceptors (Lipinski definition) is 3. The lowest BCUT2D eigenvalue weighted by molar-refractivity contribution is -0.116. The molecule has 0 aromatic heterocycles. The van der Waals surface area contributed by atoms with E-state index < -0.39 is 0 Å². The van der Waals surface area contributed by atoms with E-state index in [1.165, 1.54) is 5.56 Å². The van der Waals surface area contributed by atoms with Crippen molar-refractivity contribution in [3.8, 4) is 5.75 Å². The molecule has 0 aliphatic heterocycles. The molecule has 4 nitrogen and oxygen atoms in total. The summed E-state index contributed by atoms with van der Waals surface area (Å²) in [7, 11) is 1.66. The van der Waals surface area contributed by atoms with Gasteiger partial charge in [0, 0.05) is 25.2 Å². The molecule has 1 amide bonds. The number of benzene rings is 2. The highest BCUT2D eigenvalue weighted by Gasteiger charge is 2.05. The number of anilines is 1. The molecular weight excluding hydrogens is 288 g/mol. The second-order valence-corrected chi connectivity index (χ2v) is 5.33. The van der Waals surface area contributed by atoms with Crippen LogP contribution in [0.1, 0.15) is 24.5 Å². The molecule has 0 heterocycles. The van der Waals surface area contributed by atoms with Gasteiger partial charge in [0.1, 0.15) is 5.75 Å². The standard InChI is InChI=1S/C19H24N2O2/c1-3-16-6-4-5-7-18(16)21-19(22)12-13-20-14-15-8-10-17(23-2)11-9-15/h4-11,20H,3,12-14H2,1-2H3,(H,21,22). The van der Waals surface area contributed by atoms with Crippen molar-refractivity contribution in [3.05, 3.63) is 59.7 Å². The normalized spacial score (nSPS) is 10.3. The van der Waals surface area contributed by atoms with Crippen molar-refractivity contribution in [1.29, 1.82) is 0 Å². The Morgan fingerprint density at radius 2 is 1.83 bits per heavy atom. The molecule has 0 aliphatic carbocycles. The highest BCUT2D eigenvalue weighted by Crippen LogP contribution is 2.15. The summed E-state index contributed by atoms with van der Waals surface area (Å²) in [6.45, 7) is 3.47. The molecule has 0 fully saturated rings. The molecule has 4 heteroatoms. The molecule has 0 saturated carbocycles. The van der Waals surface area contributed by atoms with Crippen molar-refractivity contribution in [2.75, 3.05) is 19.0 Å². The minimum Gasteiger partial charge on any atom is -0.497 e. The Labute approximate surface area is 137 Å². The van der Waals surface area contributed by atoms with Crippen LogP contribution in [0, 0.1) is 0 Å². The number of hydrogen-bond donors (Lipinski definition) is 2. The Bertz CT molecular complexity index is 624. The molecule has 0 unspecified atom stereocenters. The highest BCUT2D eigenvalue weighted by molar-refractivity contribution is 5.91. The van der Waals surface area contributed by atoms with Gasteiger partial charge in [-0.05, 0) is 35.7 Å². The van der Waals surface area contributed by atoms with E-state index in [4.69, 9.17) is 4.74 Å². The Hall–Kier alpha value is -2.33. The number of nitrogens with one attached hydrogen (secondary N) is 2. The zero-order valence-electron chi connectivity index (χ0n) is 13.8. The maximum Gasteiger partial charge on any atom is 0.225 e. The van der Waals surface area contributed by atoms with Crippen molar-refractivity contribution in [2.24, 2.45) is 0 Å². The number of para-hydroxylation sites is 1. The molecular formula is C19H24N2O2. The van der Waals surface area contributed by atoms with E-state index in [2.05, 4.69) is 17.6 Å². The molecule has 0 spiro atoms. The first kappa shape index (κ1) is 17.0. The van der Waals surface area contributed by atoms with E-state index in [0.29, 0.717) is 13.0 Å². The largest absolute Gasteiger partial charge is 0.497 e. The van der Waals surface area contributed by atoms with Crippen LogP contribution in [0.2, 0.25) is 0 Å². The molecule has 122 valence electrons. The summed E-state index contributed by atoms with van der Waals surface area (Å²) in [4.78, 5) is 12.0. The number of ether oxygens (including phenoxy) is 1. The van der Waals surface area contributed by atoms with Crippen LogP contribution in [0.15, 0.2) is 48.5 Å². The van der Waals surface area contributed by atoms with Crippen LogP contribution in [-0.4, -0.2) is 19.6 Å². The van der Waals surface area contributed by atoms with Gasteiger partial charge in [0.25, 0.3) is 0 Å². The smallest absolute Gasteiger partial charge is 0.225 e. The predicted molar refractivity (Wildman–Crippen MR) is 93.8 cm³/mol. The molecule has 0 radical (unpaired) electrons. The zero-order chi connectivity index (χ0) is 16.5. The van der Waals surface area contributed by atoms with Crippen molar-refractivity contribution >= 4 is 11.6 Å². The molecule has 2 N–H and O–H groups in total. The third-order valence-corrected chi connectivity index (χ3v) is 3.69. The number of aryl methyl sites for hydroxylation is 1. The van der Waals surface area contributed by atoms with E-state index in [-0.39, 0.29) is 5.91 Å². The fraction of sp³-hybridized carbons (Fsp3) is 0.316. The summed E-state index contributed by atoms with van der Waals surface area (Å²) >= 11 is 0. The first-order valence-electron chi connectivity index (χ1n) is 7.94. The first-order chi connectivity index (χ1) is 11.2. The fourth-order valence-corrected chi connectivity index (χ4v) is 2.34. The fourth-order valence-electron chi connectivity index (χ4n) is 2.34. The summed E-state index contributed by atoms with van der Waals surface area (Å²) in [5, 5.41) is 6.26. The maximum absolute atomic E-state index is 12.0. The Morgan fingerprint density at radius 1 is 1.09 bits per heavy atom. The van der Waals surface area contributed by atoms with Crippen molar-refractivity contribution in [2.45, 2.75) is 26.3 Å². The molecule has 23 heavy (non-hydrogen) atoms. The van der Waals surface area contributed by atoms with Crippen LogP contribution >= 0.6 is 0 Å². The average Bonchev–Trinajstić information content (AvgIpc) is 2.59. The lowest BCUT2D eigenvalue weighted by Gasteiger charge is -2.10. The van der Waals surface area contributed by atoms with Gasteiger partial charge in [0.15, 0.2) is 0 Å². The molecule has 2 aromatic carbocycles. The van der Waals surface area contributed by atoms with E-state index in [9.17, 15) is 4.79 Å². The summed E-state index contributed by atoms with van der Waals surface area (Å²) in [6.07, 6.45) is 1.36. The maximum atomic E-state index is 12.0. The van der Waals surface area contributed by atoms with E-state index in [1.807, 2.05) is 48.5 Å². The topological polar surface area (TPSA) is 50.4 Å². The molecule has 2 rings (SSSR count). The Kier molecular flexibility index (Phi) is 6.63. The van der Waals surface area contributed by atoms with Crippen molar-refractivity contribution in [1.82, 2.24) is 5.32 Å². The minimum atomic E-state index is 0.0353. The summed E-state index contributed by atoms with van der Waals surface area (Å²) in [6, 6.07) is 15.8. The van der Waals surface area contributed by atoms with Gasteiger partial charge in [-0.2, -0.15) is 0 Å². The van der Waals surface area contributed by atoms with Gasteiger partial charge in [0.05, 0.1) is 7.11 Å². The van der Waals surface area contributed by atoms with Gasteiger partial charge in [-0.15, -0.1) is 0 Å². The molecule has 2 aromatic rings. The van der Waals surface area contributed by atoms with Crippen molar-refractivity contribution < 1.29 is 9.53 Å². The molecule has 0 atom stereocenters. The summed E-state index contributed by atoms with van der Waals surface area (Å²) in [5.74, 6) is 0.885. The summed E-state index contributed by atoms with van der Waals surface area (Å²) < 4.78 is 5.13. The van der Waals surface area contributed by atoms with Gasteiger partial charge in [0.2, 0.25) is 5.91 Å². The van der Waals surface area contributed by atoms with Gasteiger partial charge >= 0.3 is 0 Å². The van der Waals surface area contributed by atoms with Crippen LogP contribution in [0.3, 0.4) is 0 Å². The lowest BCUT2D eigenvalue weighted by Crippen LogP contribution is -2.21. The van der Waals surface area contributed by atoms with Gasteiger partial charge in [-0.1, -0.05) is 37.3 Å². The van der Waals surface area contributed by atoms with Crippen LogP contribution in [0.25, 0.3) is 0 Å². The second-order valence-electron chi connectivity index (χ2n) is 5.33. The molecule has 0 aliphatic rings. The van der Waals surface area contributed by atoms with Crippen LogP contribution in [0.4, 0.5) is 5.69 Å². The summed E-state index contributed by atoms with van der Waals surface area (Å²) in [5.41, 5.74) is 3.24. The second kappa shape index (κ2) is 8.96. The molecule has 0 saturated heterocycles. The average molecular weight is 312 g/mol. The third-order valence-electron chi connectivity index (χ3n) is 3.69. The van der Waals surface area contributed by atoms with Crippen molar-refractivity contribution in [3.63, 3.8) is 0 Å².